The molecule has 1 aromatic heterocycles. The van der Waals surface area contributed by atoms with E-state index >= 15 is 0 Å². The molecule has 0 amide bonds. The van der Waals surface area contributed by atoms with Crippen LogP contribution in [0.4, 0.5) is 0 Å². The Balaban J connectivity index is 1.95. The first-order chi connectivity index (χ1) is 6.77. The van der Waals surface area contributed by atoms with Gasteiger partial charge in [-0.25, -0.2) is 0 Å². The maximum absolute atomic E-state index is 9.92. The molecule has 0 spiro atoms. The summed E-state index contributed by atoms with van der Waals surface area (Å²) >= 11 is 7.46. The fraction of sp³-hybridized carbons (Fsp3) is 0.600. The van der Waals surface area contributed by atoms with Crippen LogP contribution < -0.4 is 0 Å². The van der Waals surface area contributed by atoms with Crippen LogP contribution in [0.15, 0.2) is 11.4 Å². The van der Waals surface area contributed by atoms with Gasteiger partial charge in [0.25, 0.3) is 0 Å². The molecule has 0 radical (unpaired) electrons. The zero-order valence-electron chi connectivity index (χ0n) is 7.78. The molecule has 78 valence electrons. The third-order valence-corrected chi connectivity index (χ3v) is 3.99. The number of aliphatic hydroxyl groups is 1. The van der Waals surface area contributed by atoms with Crippen molar-refractivity contribution < 1.29 is 9.84 Å². The zero-order valence-corrected chi connectivity index (χ0v) is 9.35. The molecule has 2 unspecified atom stereocenters. The van der Waals surface area contributed by atoms with Gasteiger partial charge in [0.05, 0.1) is 16.0 Å². The second-order valence-corrected chi connectivity index (χ2v) is 4.97. The lowest BCUT2D eigenvalue weighted by Crippen LogP contribution is -2.06. The maximum atomic E-state index is 9.92. The second kappa shape index (κ2) is 4.62. The molecule has 2 heterocycles. The number of ether oxygens (including phenoxy) is 1. The topological polar surface area (TPSA) is 29.5 Å². The van der Waals surface area contributed by atoms with Gasteiger partial charge in [-0.15, -0.1) is 11.3 Å². The van der Waals surface area contributed by atoms with Crippen LogP contribution in [0, 0.1) is 5.92 Å². The molecule has 1 aromatic rings. The Hall–Kier alpha value is -0.0900. The van der Waals surface area contributed by atoms with Gasteiger partial charge in [0.15, 0.2) is 0 Å². The summed E-state index contributed by atoms with van der Waals surface area (Å²) in [5.74, 6) is 0.489. The summed E-state index contributed by atoms with van der Waals surface area (Å²) in [4.78, 5) is 0.888. The van der Waals surface area contributed by atoms with Crippen molar-refractivity contribution in [2.45, 2.75) is 18.9 Å². The summed E-state index contributed by atoms with van der Waals surface area (Å²) in [7, 11) is 0. The summed E-state index contributed by atoms with van der Waals surface area (Å²) in [6, 6.07) is 1.83. The van der Waals surface area contributed by atoms with E-state index in [1.807, 2.05) is 11.4 Å². The van der Waals surface area contributed by atoms with Gasteiger partial charge in [0.2, 0.25) is 0 Å². The molecule has 1 saturated heterocycles. The minimum Gasteiger partial charge on any atom is -0.388 e. The third-order valence-electron chi connectivity index (χ3n) is 2.53. The van der Waals surface area contributed by atoms with E-state index in [0.717, 1.165) is 30.9 Å². The number of halogens is 1. The van der Waals surface area contributed by atoms with Crippen LogP contribution in [0.3, 0.4) is 0 Å². The SMILES string of the molecule is OC(CC1CCOC1)c1sccc1Cl. The maximum Gasteiger partial charge on any atom is 0.0900 e. The summed E-state index contributed by atoms with van der Waals surface area (Å²) < 4.78 is 5.26. The van der Waals surface area contributed by atoms with E-state index in [0.29, 0.717) is 10.9 Å². The molecule has 0 bridgehead atoms. The van der Waals surface area contributed by atoms with Crippen LogP contribution in [-0.4, -0.2) is 18.3 Å². The highest BCUT2D eigenvalue weighted by Crippen LogP contribution is 2.33. The molecular formula is C10H13ClO2S. The Morgan fingerprint density at radius 1 is 1.71 bits per heavy atom. The average Bonchev–Trinajstić information content (AvgIpc) is 2.75. The molecule has 1 aliphatic heterocycles. The standard InChI is InChI=1S/C10H13ClO2S/c11-8-2-4-14-10(8)9(12)5-7-1-3-13-6-7/h2,4,7,9,12H,1,3,5-6H2. The number of aliphatic hydroxyl groups excluding tert-OH is 1. The molecule has 2 rings (SSSR count). The van der Waals surface area contributed by atoms with E-state index in [-0.39, 0.29) is 0 Å². The quantitative estimate of drug-likeness (QED) is 0.869. The fourth-order valence-electron chi connectivity index (χ4n) is 1.74. The van der Waals surface area contributed by atoms with E-state index in [1.54, 1.807) is 0 Å². The molecule has 1 aliphatic rings. The highest BCUT2D eigenvalue weighted by molar-refractivity contribution is 7.10. The molecular weight excluding hydrogens is 220 g/mol. The summed E-state index contributed by atoms with van der Waals surface area (Å²) in [5, 5.41) is 12.5. The van der Waals surface area contributed by atoms with E-state index in [2.05, 4.69) is 0 Å². The lowest BCUT2D eigenvalue weighted by molar-refractivity contribution is 0.132. The first-order valence-corrected chi connectivity index (χ1v) is 6.02. The predicted octanol–water partition coefficient (Wildman–Crippen LogP) is 2.86. The second-order valence-electron chi connectivity index (χ2n) is 3.61. The summed E-state index contributed by atoms with van der Waals surface area (Å²) in [5.41, 5.74) is 0. The summed E-state index contributed by atoms with van der Waals surface area (Å²) in [6.07, 6.45) is 1.40. The Kier molecular flexibility index (Phi) is 3.44. The zero-order chi connectivity index (χ0) is 9.97. The van der Waals surface area contributed by atoms with Crippen molar-refractivity contribution in [1.29, 1.82) is 0 Å². The fourth-order valence-corrected chi connectivity index (χ4v) is 2.92. The van der Waals surface area contributed by atoms with Crippen molar-refractivity contribution in [3.8, 4) is 0 Å². The number of hydrogen-bond acceptors (Lipinski definition) is 3. The molecule has 0 saturated carbocycles. The van der Waals surface area contributed by atoms with Crippen LogP contribution in [0.5, 0.6) is 0 Å². The average molecular weight is 233 g/mol. The van der Waals surface area contributed by atoms with Gasteiger partial charge in [0.1, 0.15) is 0 Å². The van der Waals surface area contributed by atoms with Crippen LogP contribution in [0.2, 0.25) is 5.02 Å². The molecule has 14 heavy (non-hydrogen) atoms. The highest BCUT2D eigenvalue weighted by atomic mass is 35.5. The Bertz CT molecular complexity index is 294. The normalized spacial score (nSPS) is 24.0. The van der Waals surface area contributed by atoms with E-state index in [4.69, 9.17) is 16.3 Å². The van der Waals surface area contributed by atoms with Gasteiger partial charge < -0.3 is 9.84 Å². The molecule has 0 aromatic carbocycles. The van der Waals surface area contributed by atoms with Gasteiger partial charge >= 0.3 is 0 Å². The predicted molar refractivity (Wildman–Crippen MR) is 57.8 cm³/mol. The summed E-state index contributed by atoms with van der Waals surface area (Å²) in [6.45, 7) is 1.61. The molecule has 4 heteroatoms. The van der Waals surface area contributed by atoms with E-state index in [1.165, 1.54) is 11.3 Å². The Morgan fingerprint density at radius 3 is 3.14 bits per heavy atom. The van der Waals surface area contributed by atoms with Gasteiger partial charge in [0, 0.05) is 13.2 Å². The molecule has 0 aliphatic carbocycles. The van der Waals surface area contributed by atoms with Crippen molar-refractivity contribution in [3.63, 3.8) is 0 Å². The van der Waals surface area contributed by atoms with Crippen molar-refractivity contribution in [2.24, 2.45) is 5.92 Å². The third kappa shape index (κ3) is 2.28. The van der Waals surface area contributed by atoms with Crippen molar-refractivity contribution in [3.05, 3.63) is 21.3 Å². The number of thiophene rings is 1. The molecule has 1 N–H and O–H groups in total. The number of rotatable bonds is 3. The first-order valence-electron chi connectivity index (χ1n) is 4.76. The first kappa shape index (κ1) is 10.4. The lowest BCUT2D eigenvalue weighted by atomic mass is 10.0. The van der Waals surface area contributed by atoms with Crippen LogP contribution in [0.25, 0.3) is 0 Å². The van der Waals surface area contributed by atoms with Crippen molar-refractivity contribution >= 4 is 22.9 Å². The Morgan fingerprint density at radius 2 is 2.57 bits per heavy atom. The van der Waals surface area contributed by atoms with Gasteiger partial charge in [-0.1, -0.05) is 11.6 Å². The van der Waals surface area contributed by atoms with Crippen LogP contribution in [0.1, 0.15) is 23.8 Å². The number of hydrogen-bond donors (Lipinski definition) is 1. The minimum absolute atomic E-state index is 0.422. The minimum atomic E-state index is -0.422. The lowest BCUT2D eigenvalue weighted by Gasteiger charge is -2.13. The van der Waals surface area contributed by atoms with Crippen LogP contribution in [-0.2, 0) is 4.74 Å². The largest absolute Gasteiger partial charge is 0.388 e. The monoisotopic (exact) mass is 232 g/mol. The smallest absolute Gasteiger partial charge is 0.0900 e. The Labute approximate surface area is 92.5 Å². The van der Waals surface area contributed by atoms with Gasteiger partial charge in [-0.2, -0.15) is 0 Å². The van der Waals surface area contributed by atoms with E-state index < -0.39 is 6.10 Å². The molecule has 1 fully saturated rings. The molecule has 2 atom stereocenters. The van der Waals surface area contributed by atoms with Crippen molar-refractivity contribution in [1.82, 2.24) is 0 Å². The van der Waals surface area contributed by atoms with Gasteiger partial charge in [-0.05, 0) is 30.2 Å². The van der Waals surface area contributed by atoms with Gasteiger partial charge in [-0.3, -0.25) is 0 Å². The van der Waals surface area contributed by atoms with E-state index in [9.17, 15) is 5.11 Å². The van der Waals surface area contributed by atoms with Crippen molar-refractivity contribution in [2.75, 3.05) is 13.2 Å². The molecule has 2 nitrogen and oxygen atoms in total. The van der Waals surface area contributed by atoms with Crippen LogP contribution >= 0.6 is 22.9 Å². The highest BCUT2D eigenvalue weighted by Gasteiger charge is 2.22.